The average molecular weight is 435 g/mol. The molecule has 1 aromatic rings. The standard InChI is InChI=1S/C24H35FN2O4/c1-14(2)21(23(30)31-5)26-24(3,4)17-9-6-15(7-10-17)12-27-13-16-8-11-18(28)20(25)19(16)22(27)29/h8,11,14-15,17,21,26,28H,6-7,9-10,12-13H2,1-5H3/t15?,17?,21-/m1/s1. The third kappa shape index (κ3) is 4.86. The fourth-order valence-electron chi connectivity index (χ4n) is 5.07. The van der Waals surface area contributed by atoms with E-state index in [0.717, 1.165) is 25.7 Å². The van der Waals surface area contributed by atoms with E-state index in [2.05, 4.69) is 19.2 Å². The van der Waals surface area contributed by atoms with Gasteiger partial charge in [0.1, 0.15) is 6.04 Å². The summed E-state index contributed by atoms with van der Waals surface area (Å²) in [5.41, 5.74) is 0.442. The van der Waals surface area contributed by atoms with Crippen molar-refractivity contribution in [2.24, 2.45) is 17.8 Å². The van der Waals surface area contributed by atoms with Crippen molar-refractivity contribution < 1.29 is 23.8 Å². The van der Waals surface area contributed by atoms with Crippen molar-refractivity contribution in [3.05, 3.63) is 29.1 Å². The molecule has 2 aliphatic rings. The number of halogens is 1. The summed E-state index contributed by atoms with van der Waals surface area (Å²) in [6.45, 7) is 9.31. The fourth-order valence-corrected chi connectivity index (χ4v) is 5.07. The monoisotopic (exact) mass is 434 g/mol. The Hall–Kier alpha value is -2.15. The molecule has 0 saturated heterocycles. The molecular weight excluding hydrogens is 399 g/mol. The number of hydrogen-bond donors (Lipinski definition) is 2. The Bertz CT molecular complexity index is 831. The van der Waals surface area contributed by atoms with E-state index in [4.69, 9.17) is 4.74 Å². The molecule has 0 bridgehead atoms. The summed E-state index contributed by atoms with van der Waals surface area (Å²) in [7, 11) is 1.42. The Labute approximate surface area is 184 Å². The van der Waals surface area contributed by atoms with Crippen molar-refractivity contribution in [1.29, 1.82) is 0 Å². The molecule has 1 aromatic carbocycles. The number of benzene rings is 1. The van der Waals surface area contributed by atoms with Crippen LogP contribution in [0, 0.1) is 23.6 Å². The van der Waals surface area contributed by atoms with Crippen LogP contribution >= 0.6 is 0 Å². The van der Waals surface area contributed by atoms with Gasteiger partial charge in [-0.3, -0.25) is 14.9 Å². The molecule has 7 heteroatoms. The Morgan fingerprint density at radius 1 is 1.29 bits per heavy atom. The predicted octanol–water partition coefficient (Wildman–Crippen LogP) is 3.86. The summed E-state index contributed by atoms with van der Waals surface area (Å²) in [5.74, 6) is -0.945. The third-order valence-electron chi connectivity index (χ3n) is 7.07. The van der Waals surface area contributed by atoms with Crippen LogP contribution < -0.4 is 5.32 Å². The van der Waals surface area contributed by atoms with Gasteiger partial charge in [0.05, 0.1) is 12.7 Å². The van der Waals surface area contributed by atoms with Crippen molar-refractivity contribution in [3.8, 4) is 5.75 Å². The second-order valence-corrected chi connectivity index (χ2v) is 9.95. The summed E-state index contributed by atoms with van der Waals surface area (Å²) in [5, 5.41) is 13.1. The molecule has 1 saturated carbocycles. The highest BCUT2D eigenvalue weighted by atomic mass is 19.1. The van der Waals surface area contributed by atoms with E-state index in [1.807, 2.05) is 13.8 Å². The highest BCUT2D eigenvalue weighted by Crippen LogP contribution is 2.38. The van der Waals surface area contributed by atoms with Crippen LogP contribution in [0.5, 0.6) is 5.75 Å². The lowest BCUT2D eigenvalue weighted by Crippen LogP contribution is -2.56. The number of ether oxygens (including phenoxy) is 1. The van der Waals surface area contributed by atoms with Crippen LogP contribution in [0.1, 0.15) is 69.3 Å². The van der Waals surface area contributed by atoms with Crippen LogP contribution in [-0.2, 0) is 16.1 Å². The molecule has 0 unspecified atom stereocenters. The normalized spacial score (nSPS) is 22.5. The van der Waals surface area contributed by atoms with E-state index in [1.54, 1.807) is 11.0 Å². The second kappa shape index (κ2) is 9.15. The van der Waals surface area contributed by atoms with Gasteiger partial charge in [0.25, 0.3) is 5.91 Å². The number of nitrogens with zero attached hydrogens (tertiary/aromatic N) is 1. The number of phenols is 1. The molecule has 0 aromatic heterocycles. The van der Waals surface area contributed by atoms with E-state index in [9.17, 15) is 19.1 Å². The minimum atomic E-state index is -0.813. The number of carbonyl (C=O) groups is 2. The van der Waals surface area contributed by atoms with E-state index in [-0.39, 0.29) is 34.9 Å². The number of phenolic OH excluding ortho intramolecular Hbond substituents is 1. The molecule has 2 N–H and O–H groups in total. The molecule has 1 fully saturated rings. The van der Waals surface area contributed by atoms with Crippen LogP contribution in [0.15, 0.2) is 12.1 Å². The number of aromatic hydroxyl groups is 1. The van der Waals surface area contributed by atoms with Gasteiger partial charge in [-0.05, 0) is 68.9 Å². The third-order valence-corrected chi connectivity index (χ3v) is 7.07. The molecule has 1 aliphatic heterocycles. The zero-order chi connectivity index (χ0) is 22.9. The SMILES string of the molecule is COC(=O)[C@H](NC(C)(C)C1CCC(CN2Cc3ccc(O)c(F)c3C2=O)CC1)C(C)C. The van der Waals surface area contributed by atoms with Gasteiger partial charge < -0.3 is 14.7 Å². The van der Waals surface area contributed by atoms with Crippen molar-refractivity contribution in [2.45, 2.75) is 71.5 Å². The summed E-state index contributed by atoms with van der Waals surface area (Å²) >= 11 is 0. The molecule has 3 rings (SSSR count). The topological polar surface area (TPSA) is 78.9 Å². The first-order valence-corrected chi connectivity index (χ1v) is 11.2. The molecule has 1 atom stereocenters. The lowest BCUT2D eigenvalue weighted by atomic mass is 9.72. The van der Waals surface area contributed by atoms with Crippen molar-refractivity contribution in [1.82, 2.24) is 10.2 Å². The first-order valence-electron chi connectivity index (χ1n) is 11.2. The number of amides is 1. The van der Waals surface area contributed by atoms with Gasteiger partial charge in [0, 0.05) is 18.6 Å². The number of rotatable bonds is 7. The molecule has 0 spiro atoms. The summed E-state index contributed by atoms with van der Waals surface area (Å²) in [6, 6.07) is 2.59. The Morgan fingerprint density at radius 3 is 2.52 bits per heavy atom. The van der Waals surface area contributed by atoms with Gasteiger partial charge in [-0.1, -0.05) is 19.9 Å². The smallest absolute Gasteiger partial charge is 0.323 e. The van der Waals surface area contributed by atoms with Gasteiger partial charge >= 0.3 is 5.97 Å². The molecule has 172 valence electrons. The van der Waals surface area contributed by atoms with Crippen LogP contribution in [0.3, 0.4) is 0 Å². The van der Waals surface area contributed by atoms with E-state index in [0.29, 0.717) is 30.5 Å². The van der Waals surface area contributed by atoms with Gasteiger partial charge in [-0.2, -0.15) is 0 Å². The number of esters is 1. The maximum atomic E-state index is 14.2. The van der Waals surface area contributed by atoms with Crippen molar-refractivity contribution >= 4 is 11.9 Å². The maximum Gasteiger partial charge on any atom is 0.323 e. The van der Waals surface area contributed by atoms with Crippen molar-refractivity contribution in [2.75, 3.05) is 13.7 Å². The quantitative estimate of drug-likeness (QED) is 0.637. The summed E-state index contributed by atoms with van der Waals surface area (Å²) in [6.07, 6.45) is 3.96. The zero-order valence-electron chi connectivity index (χ0n) is 19.2. The van der Waals surface area contributed by atoms with Gasteiger partial charge in [0.2, 0.25) is 0 Å². The Morgan fingerprint density at radius 2 is 1.94 bits per heavy atom. The first-order chi connectivity index (χ1) is 14.5. The molecule has 1 heterocycles. The molecule has 0 radical (unpaired) electrons. The number of fused-ring (bicyclic) bond motifs is 1. The molecule has 1 aliphatic carbocycles. The molecule has 6 nitrogen and oxygen atoms in total. The maximum absolute atomic E-state index is 14.2. The Balaban J connectivity index is 1.57. The van der Waals surface area contributed by atoms with Crippen molar-refractivity contribution in [3.63, 3.8) is 0 Å². The predicted molar refractivity (Wildman–Crippen MR) is 116 cm³/mol. The van der Waals surface area contributed by atoms with Crippen LogP contribution in [-0.4, -0.2) is 47.1 Å². The highest BCUT2D eigenvalue weighted by Gasteiger charge is 2.39. The summed E-state index contributed by atoms with van der Waals surface area (Å²) in [4.78, 5) is 26.5. The minimum absolute atomic E-state index is 0.0153. The average Bonchev–Trinajstić information content (AvgIpc) is 3.04. The zero-order valence-corrected chi connectivity index (χ0v) is 19.2. The minimum Gasteiger partial charge on any atom is -0.505 e. The number of hydrogen-bond acceptors (Lipinski definition) is 5. The molecule has 31 heavy (non-hydrogen) atoms. The van der Waals surface area contributed by atoms with E-state index < -0.39 is 11.6 Å². The largest absolute Gasteiger partial charge is 0.505 e. The van der Waals surface area contributed by atoms with Gasteiger partial charge in [-0.25, -0.2) is 4.39 Å². The van der Waals surface area contributed by atoms with Crippen LogP contribution in [0.2, 0.25) is 0 Å². The molecule has 1 amide bonds. The molecular formula is C24H35FN2O4. The number of nitrogens with one attached hydrogen (secondary N) is 1. The van der Waals surface area contributed by atoms with Gasteiger partial charge in [0.15, 0.2) is 11.6 Å². The lowest BCUT2D eigenvalue weighted by Gasteiger charge is -2.42. The van der Waals surface area contributed by atoms with Crippen LogP contribution in [0.25, 0.3) is 0 Å². The van der Waals surface area contributed by atoms with Gasteiger partial charge in [-0.15, -0.1) is 0 Å². The van der Waals surface area contributed by atoms with E-state index >= 15 is 0 Å². The summed E-state index contributed by atoms with van der Waals surface area (Å²) < 4.78 is 19.2. The number of methoxy groups -OCH3 is 1. The first kappa shape index (κ1) is 23.5. The van der Waals surface area contributed by atoms with E-state index in [1.165, 1.54) is 13.2 Å². The highest BCUT2D eigenvalue weighted by molar-refractivity contribution is 5.99. The van der Waals surface area contributed by atoms with Crippen LogP contribution in [0.4, 0.5) is 4.39 Å². The Kier molecular flexibility index (Phi) is 6.94. The lowest BCUT2D eigenvalue weighted by molar-refractivity contribution is -0.145. The fraction of sp³-hybridized carbons (Fsp3) is 0.667. The second-order valence-electron chi connectivity index (χ2n) is 9.95. The number of carbonyl (C=O) groups excluding carboxylic acids is 2.